The Labute approximate surface area is 187 Å². The van der Waals surface area contributed by atoms with Gasteiger partial charge in [0.1, 0.15) is 17.9 Å². The first-order chi connectivity index (χ1) is 15.8. The number of ether oxygens (including phenoxy) is 1. The fourth-order valence-corrected chi connectivity index (χ4v) is 4.66. The van der Waals surface area contributed by atoms with Crippen LogP contribution < -0.4 is 4.74 Å². The Balaban J connectivity index is 1.25. The van der Waals surface area contributed by atoms with Crippen molar-refractivity contribution < 1.29 is 28.8 Å². The number of rotatable bonds is 3. The van der Waals surface area contributed by atoms with E-state index in [4.69, 9.17) is 4.74 Å². The first-order valence-corrected chi connectivity index (χ1v) is 10.5. The molecule has 2 aromatic carbocycles. The van der Waals surface area contributed by atoms with Gasteiger partial charge in [0.15, 0.2) is 5.78 Å². The Kier molecular flexibility index (Phi) is 4.73. The Bertz CT molecular complexity index is 1230. The molecule has 0 unspecified atom stereocenters. The van der Waals surface area contributed by atoms with E-state index in [9.17, 15) is 29.3 Å². The molecule has 3 heterocycles. The van der Waals surface area contributed by atoms with E-state index in [1.807, 2.05) is 0 Å². The molecule has 168 valence electrons. The highest BCUT2D eigenvalue weighted by atomic mass is 16.6. The summed E-state index contributed by atoms with van der Waals surface area (Å²) in [5, 5.41) is 11.0. The highest BCUT2D eigenvalue weighted by Crippen LogP contribution is 2.39. The van der Waals surface area contributed by atoms with Crippen molar-refractivity contribution in [2.75, 3.05) is 19.6 Å². The smallest absolute Gasteiger partial charge is 0.270 e. The Morgan fingerprint density at radius 2 is 1.70 bits per heavy atom. The molecule has 5 rings (SSSR count). The van der Waals surface area contributed by atoms with Crippen LogP contribution in [0.4, 0.5) is 5.69 Å². The Hall–Kier alpha value is -4.08. The summed E-state index contributed by atoms with van der Waals surface area (Å²) in [5.41, 5.74) is -0.437. The SMILES string of the molecule is O=C1CC2(CCN(C(=O)CN3C(=O)c4ccc([N+](=O)[O-])cc4C3=O)CC2)Oc2ccccc21. The van der Waals surface area contributed by atoms with Gasteiger partial charge in [-0.15, -0.1) is 0 Å². The van der Waals surface area contributed by atoms with Gasteiger partial charge >= 0.3 is 0 Å². The molecule has 3 aliphatic rings. The maximum Gasteiger partial charge on any atom is 0.270 e. The van der Waals surface area contributed by atoms with Gasteiger partial charge in [0, 0.05) is 38.1 Å². The maximum absolute atomic E-state index is 12.9. The fourth-order valence-electron chi connectivity index (χ4n) is 4.66. The van der Waals surface area contributed by atoms with Gasteiger partial charge in [0.05, 0.1) is 28.0 Å². The summed E-state index contributed by atoms with van der Waals surface area (Å²) in [7, 11) is 0. The molecule has 0 aromatic heterocycles. The van der Waals surface area contributed by atoms with Crippen LogP contribution in [0.3, 0.4) is 0 Å². The first kappa shape index (κ1) is 20.8. The van der Waals surface area contributed by atoms with Crippen LogP contribution in [0.25, 0.3) is 0 Å². The standard InChI is InChI=1S/C23H19N3O7/c27-18-12-23(33-19-4-2-1-3-16(18)19)7-9-24(10-8-23)20(28)13-25-21(29)15-6-5-14(26(31)32)11-17(15)22(25)30/h1-6,11H,7-10,12-13H2. The van der Waals surface area contributed by atoms with Crippen LogP contribution in [-0.4, -0.2) is 63.5 Å². The summed E-state index contributed by atoms with van der Waals surface area (Å²) in [6.45, 7) is 0.196. The number of nitro benzene ring substituents is 1. The molecule has 33 heavy (non-hydrogen) atoms. The molecule has 1 saturated heterocycles. The number of amides is 3. The van der Waals surface area contributed by atoms with Gasteiger partial charge in [-0.2, -0.15) is 0 Å². The number of ketones is 1. The maximum atomic E-state index is 12.9. The molecule has 0 saturated carbocycles. The molecule has 10 nitrogen and oxygen atoms in total. The number of Topliss-reactive ketones (excluding diaryl/α,β-unsaturated/α-hetero) is 1. The van der Waals surface area contributed by atoms with Gasteiger partial charge in [0.25, 0.3) is 17.5 Å². The molecule has 0 N–H and O–H groups in total. The zero-order valence-electron chi connectivity index (χ0n) is 17.5. The lowest BCUT2D eigenvalue weighted by Gasteiger charge is -2.44. The van der Waals surface area contributed by atoms with Gasteiger partial charge in [0.2, 0.25) is 5.91 Å². The van der Waals surface area contributed by atoms with Crippen molar-refractivity contribution in [3.05, 3.63) is 69.3 Å². The normalized spacial score (nSPS) is 18.7. The average molecular weight is 449 g/mol. The van der Waals surface area contributed by atoms with Crippen LogP contribution in [0.2, 0.25) is 0 Å². The molecule has 0 bridgehead atoms. The van der Waals surface area contributed by atoms with Crippen LogP contribution in [-0.2, 0) is 4.79 Å². The predicted octanol–water partition coefficient (Wildman–Crippen LogP) is 2.22. The van der Waals surface area contributed by atoms with Crippen LogP contribution in [0.15, 0.2) is 42.5 Å². The van der Waals surface area contributed by atoms with Crippen LogP contribution in [0.5, 0.6) is 5.75 Å². The first-order valence-electron chi connectivity index (χ1n) is 10.5. The number of imide groups is 1. The van der Waals surface area contributed by atoms with Crippen molar-refractivity contribution in [3.8, 4) is 5.75 Å². The molecule has 1 spiro atoms. The largest absolute Gasteiger partial charge is 0.486 e. The molecule has 2 aromatic rings. The van der Waals surface area contributed by atoms with Crippen molar-refractivity contribution in [1.82, 2.24) is 9.80 Å². The van der Waals surface area contributed by atoms with E-state index in [1.54, 1.807) is 29.2 Å². The van der Waals surface area contributed by atoms with Gasteiger partial charge in [-0.25, -0.2) is 0 Å². The summed E-state index contributed by atoms with van der Waals surface area (Å²) in [6, 6.07) is 10.5. The van der Waals surface area contributed by atoms with E-state index in [-0.39, 0.29) is 29.0 Å². The number of piperidine rings is 1. The zero-order valence-corrected chi connectivity index (χ0v) is 17.5. The lowest BCUT2D eigenvalue weighted by Crippen LogP contribution is -2.54. The van der Waals surface area contributed by atoms with E-state index < -0.39 is 34.8 Å². The molecule has 3 aliphatic heterocycles. The number of fused-ring (bicyclic) bond motifs is 2. The topological polar surface area (TPSA) is 127 Å². The minimum absolute atomic E-state index is 0.0109. The van der Waals surface area contributed by atoms with Crippen molar-refractivity contribution in [1.29, 1.82) is 0 Å². The highest BCUT2D eigenvalue weighted by molar-refractivity contribution is 6.22. The molecule has 10 heteroatoms. The van der Waals surface area contributed by atoms with Crippen molar-refractivity contribution in [3.63, 3.8) is 0 Å². The lowest BCUT2D eigenvalue weighted by molar-refractivity contribution is -0.384. The van der Waals surface area contributed by atoms with Crippen LogP contribution in [0, 0.1) is 10.1 Å². The average Bonchev–Trinajstić information content (AvgIpc) is 3.03. The van der Waals surface area contributed by atoms with E-state index in [2.05, 4.69) is 0 Å². The summed E-state index contributed by atoms with van der Waals surface area (Å²) >= 11 is 0. The minimum Gasteiger partial charge on any atom is -0.486 e. The van der Waals surface area contributed by atoms with Gasteiger partial charge < -0.3 is 9.64 Å². The quantitative estimate of drug-likeness (QED) is 0.399. The Morgan fingerprint density at radius 1 is 1.00 bits per heavy atom. The van der Waals surface area contributed by atoms with Crippen LogP contribution in [0.1, 0.15) is 50.3 Å². The second-order valence-corrected chi connectivity index (χ2v) is 8.45. The van der Waals surface area contributed by atoms with E-state index >= 15 is 0 Å². The summed E-state index contributed by atoms with van der Waals surface area (Å²) in [4.78, 5) is 63.4. The molecule has 0 atom stereocenters. The minimum atomic E-state index is -0.724. The third kappa shape index (κ3) is 3.43. The van der Waals surface area contributed by atoms with Crippen molar-refractivity contribution >= 4 is 29.2 Å². The van der Waals surface area contributed by atoms with Crippen LogP contribution >= 0.6 is 0 Å². The number of likely N-dealkylation sites (tertiary alicyclic amines) is 1. The van der Waals surface area contributed by atoms with Gasteiger partial charge in [-0.1, -0.05) is 12.1 Å². The number of nitrogens with zero attached hydrogens (tertiary/aromatic N) is 3. The number of para-hydroxylation sites is 1. The number of carbonyl (C=O) groups excluding carboxylic acids is 4. The summed E-state index contributed by atoms with van der Waals surface area (Å²) in [6.07, 6.45) is 1.14. The molecule has 0 radical (unpaired) electrons. The van der Waals surface area contributed by atoms with Gasteiger partial charge in [-0.3, -0.25) is 34.2 Å². The van der Waals surface area contributed by atoms with Gasteiger partial charge in [-0.05, 0) is 18.2 Å². The molecular formula is C23H19N3O7. The van der Waals surface area contributed by atoms with Crippen molar-refractivity contribution in [2.24, 2.45) is 0 Å². The van der Waals surface area contributed by atoms with E-state index in [0.29, 0.717) is 37.2 Å². The molecular weight excluding hydrogens is 430 g/mol. The third-order valence-electron chi connectivity index (χ3n) is 6.48. The number of hydrogen-bond acceptors (Lipinski definition) is 7. The second-order valence-electron chi connectivity index (χ2n) is 8.45. The Morgan fingerprint density at radius 3 is 2.42 bits per heavy atom. The number of hydrogen-bond donors (Lipinski definition) is 0. The highest BCUT2D eigenvalue weighted by Gasteiger charge is 2.44. The summed E-state index contributed by atoms with van der Waals surface area (Å²) < 4.78 is 6.17. The number of carbonyl (C=O) groups is 4. The molecule has 1 fully saturated rings. The second kappa shape index (κ2) is 7.51. The number of benzene rings is 2. The summed E-state index contributed by atoms with van der Waals surface area (Å²) in [5.74, 6) is -1.22. The van der Waals surface area contributed by atoms with E-state index in [0.717, 1.165) is 17.0 Å². The molecule has 3 amide bonds. The lowest BCUT2D eigenvalue weighted by atomic mass is 9.82. The van der Waals surface area contributed by atoms with Crippen molar-refractivity contribution in [2.45, 2.75) is 24.9 Å². The zero-order chi connectivity index (χ0) is 23.3. The fraction of sp³-hybridized carbons (Fsp3) is 0.304. The van der Waals surface area contributed by atoms with E-state index in [1.165, 1.54) is 6.07 Å². The number of nitro groups is 1. The third-order valence-corrected chi connectivity index (χ3v) is 6.48. The predicted molar refractivity (Wildman–Crippen MR) is 113 cm³/mol. The molecule has 0 aliphatic carbocycles. The monoisotopic (exact) mass is 449 g/mol. The number of non-ortho nitro benzene ring substituents is 1.